The van der Waals surface area contributed by atoms with Gasteiger partial charge in [0.15, 0.2) is 0 Å². The molecule has 1 atom stereocenters. The van der Waals surface area contributed by atoms with E-state index in [1.807, 2.05) is 43.3 Å². The van der Waals surface area contributed by atoms with Crippen molar-refractivity contribution >= 4 is 5.97 Å². The molecule has 0 fully saturated rings. The molecule has 0 saturated heterocycles. The molecule has 0 aliphatic rings. The van der Waals surface area contributed by atoms with Crippen LogP contribution in [0, 0.1) is 0 Å². The Balaban J connectivity index is 2.90. The standard InChI is InChI=1S/C13H19NO3/c1-14(2)9-11(8-13(15)16)10-5-4-6-12(7-10)17-3/h4-7,11H,8-9H2,1-3H3,(H,15,16). The second kappa shape index (κ2) is 6.25. The molecule has 1 N–H and O–H groups in total. The number of rotatable bonds is 6. The van der Waals surface area contributed by atoms with E-state index < -0.39 is 5.97 Å². The zero-order valence-corrected chi connectivity index (χ0v) is 10.5. The first kappa shape index (κ1) is 13.5. The smallest absolute Gasteiger partial charge is 0.304 e. The highest BCUT2D eigenvalue weighted by Crippen LogP contribution is 2.24. The summed E-state index contributed by atoms with van der Waals surface area (Å²) >= 11 is 0. The van der Waals surface area contributed by atoms with E-state index in [-0.39, 0.29) is 12.3 Å². The molecule has 1 unspecified atom stereocenters. The first-order chi connectivity index (χ1) is 8.02. The Labute approximate surface area is 102 Å². The summed E-state index contributed by atoms with van der Waals surface area (Å²) in [5.41, 5.74) is 1.00. The fraction of sp³-hybridized carbons (Fsp3) is 0.462. The number of benzene rings is 1. The number of aliphatic carboxylic acids is 1. The van der Waals surface area contributed by atoms with Gasteiger partial charge in [0.2, 0.25) is 0 Å². The van der Waals surface area contributed by atoms with Crippen LogP contribution in [0.4, 0.5) is 0 Å². The van der Waals surface area contributed by atoms with E-state index >= 15 is 0 Å². The zero-order chi connectivity index (χ0) is 12.8. The SMILES string of the molecule is COc1cccc(C(CC(=O)O)CN(C)C)c1. The lowest BCUT2D eigenvalue weighted by Gasteiger charge is -2.20. The lowest BCUT2D eigenvalue weighted by Crippen LogP contribution is -2.22. The van der Waals surface area contributed by atoms with Gasteiger partial charge in [-0.25, -0.2) is 0 Å². The van der Waals surface area contributed by atoms with Gasteiger partial charge in [-0.15, -0.1) is 0 Å². The summed E-state index contributed by atoms with van der Waals surface area (Å²) in [4.78, 5) is 12.9. The molecule has 0 bridgehead atoms. The molecule has 1 aromatic carbocycles. The van der Waals surface area contributed by atoms with Gasteiger partial charge in [0.05, 0.1) is 13.5 Å². The molecule has 0 aliphatic carbocycles. The fourth-order valence-corrected chi connectivity index (χ4v) is 1.83. The van der Waals surface area contributed by atoms with Gasteiger partial charge in [-0.3, -0.25) is 4.79 Å². The molecule has 4 nitrogen and oxygen atoms in total. The summed E-state index contributed by atoms with van der Waals surface area (Å²) in [6.45, 7) is 0.708. The first-order valence-electron chi connectivity index (χ1n) is 5.53. The van der Waals surface area contributed by atoms with E-state index in [1.54, 1.807) is 7.11 Å². The van der Waals surface area contributed by atoms with Crippen LogP contribution < -0.4 is 4.74 Å². The summed E-state index contributed by atoms with van der Waals surface area (Å²) < 4.78 is 5.15. The second-order valence-electron chi connectivity index (χ2n) is 4.33. The van der Waals surface area contributed by atoms with Gasteiger partial charge in [-0.2, -0.15) is 0 Å². The number of nitrogens with zero attached hydrogens (tertiary/aromatic N) is 1. The molecule has 0 aliphatic heterocycles. The number of hydrogen-bond donors (Lipinski definition) is 1. The maximum atomic E-state index is 10.9. The van der Waals surface area contributed by atoms with Crippen molar-refractivity contribution in [2.24, 2.45) is 0 Å². The number of ether oxygens (including phenoxy) is 1. The number of carboxylic acid groups (broad SMARTS) is 1. The Kier molecular flexibility index (Phi) is 4.97. The van der Waals surface area contributed by atoms with Crippen molar-refractivity contribution in [2.75, 3.05) is 27.7 Å². The highest BCUT2D eigenvalue weighted by molar-refractivity contribution is 5.68. The number of carboxylic acids is 1. The number of hydrogen-bond acceptors (Lipinski definition) is 3. The minimum atomic E-state index is -0.778. The zero-order valence-electron chi connectivity index (χ0n) is 10.5. The van der Waals surface area contributed by atoms with Crippen LogP contribution in [0.15, 0.2) is 24.3 Å². The molecular weight excluding hydrogens is 218 g/mol. The lowest BCUT2D eigenvalue weighted by atomic mass is 9.95. The van der Waals surface area contributed by atoms with Crippen molar-refractivity contribution in [2.45, 2.75) is 12.3 Å². The minimum Gasteiger partial charge on any atom is -0.497 e. The van der Waals surface area contributed by atoms with E-state index in [9.17, 15) is 4.79 Å². The third-order valence-electron chi connectivity index (χ3n) is 2.57. The van der Waals surface area contributed by atoms with Gasteiger partial charge >= 0.3 is 5.97 Å². The van der Waals surface area contributed by atoms with E-state index in [0.29, 0.717) is 6.54 Å². The molecule has 4 heteroatoms. The highest BCUT2D eigenvalue weighted by atomic mass is 16.5. The van der Waals surface area contributed by atoms with Gasteiger partial charge in [0, 0.05) is 12.5 Å². The van der Waals surface area contributed by atoms with Crippen molar-refractivity contribution < 1.29 is 14.6 Å². The van der Waals surface area contributed by atoms with Crippen molar-refractivity contribution in [1.82, 2.24) is 4.90 Å². The van der Waals surface area contributed by atoms with Crippen LogP contribution in [0.25, 0.3) is 0 Å². The lowest BCUT2D eigenvalue weighted by molar-refractivity contribution is -0.137. The molecule has 0 heterocycles. The third-order valence-corrected chi connectivity index (χ3v) is 2.57. The van der Waals surface area contributed by atoms with Crippen LogP contribution in [-0.2, 0) is 4.79 Å². The van der Waals surface area contributed by atoms with Gasteiger partial charge in [0.25, 0.3) is 0 Å². The van der Waals surface area contributed by atoms with Gasteiger partial charge in [-0.05, 0) is 31.8 Å². The summed E-state index contributed by atoms with van der Waals surface area (Å²) in [5.74, 6) is -0.0334. The number of carbonyl (C=O) groups is 1. The van der Waals surface area contributed by atoms with Gasteiger partial charge < -0.3 is 14.7 Å². The van der Waals surface area contributed by atoms with Crippen LogP contribution in [-0.4, -0.2) is 43.7 Å². The van der Waals surface area contributed by atoms with E-state index in [1.165, 1.54) is 0 Å². The Morgan fingerprint density at radius 1 is 1.47 bits per heavy atom. The Bertz CT molecular complexity index is 377. The summed E-state index contributed by atoms with van der Waals surface area (Å²) in [6.07, 6.45) is 0.130. The Morgan fingerprint density at radius 3 is 2.71 bits per heavy atom. The quantitative estimate of drug-likeness (QED) is 0.820. The molecule has 94 valence electrons. The fourth-order valence-electron chi connectivity index (χ4n) is 1.83. The maximum Gasteiger partial charge on any atom is 0.304 e. The van der Waals surface area contributed by atoms with Gasteiger partial charge in [-0.1, -0.05) is 12.1 Å². The average Bonchev–Trinajstić information content (AvgIpc) is 2.27. The molecule has 0 saturated carbocycles. The predicted octanol–water partition coefficient (Wildman–Crippen LogP) is 1.82. The molecular formula is C13H19NO3. The highest BCUT2D eigenvalue weighted by Gasteiger charge is 2.16. The Hall–Kier alpha value is -1.55. The van der Waals surface area contributed by atoms with E-state index in [2.05, 4.69) is 0 Å². The van der Waals surface area contributed by atoms with Gasteiger partial charge in [0.1, 0.15) is 5.75 Å². The minimum absolute atomic E-state index is 0.0161. The average molecular weight is 237 g/mol. The summed E-state index contributed by atoms with van der Waals surface area (Å²) in [5, 5.41) is 8.93. The second-order valence-corrected chi connectivity index (χ2v) is 4.33. The topological polar surface area (TPSA) is 49.8 Å². The van der Waals surface area contributed by atoms with Crippen LogP contribution in [0.5, 0.6) is 5.75 Å². The predicted molar refractivity (Wildman–Crippen MR) is 66.5 cm³/mol. The number of likely N-dealkylation sites (N-methyl/N-ethyl adjacent to an activating group) is 1. The van der Waals surface area contributed by atoms with Crippen molar-refractivity contribution in [3.63, 3.8) is 0 Å². The van der Waals surface area contributed by atoms with Crippen LogP contribution in [0.3, 0.4) is 0 Å². The normalized spacial score (nSPS) is 12.5. The summed E-state index contributed by atoms with van der Waals surface area (Å²) in [6, 6.07) is 7.59. The monoisotopic (exact) mass is 237 g/mol. The van der Waals surface area contributed by atoms with Crippen LogP contribution >= 0.6 is 0 Å². The molecule has 1 rings (SSSR count). The third kappa shape index (κ3) is 4.44. The van der Waals surface area contributed by atoms with Crippen LogP contribution in [0.1, 0.15) is 17.9 Å². The number of methoxy groups -OCH3 is 1. The Morgan fingerprint density at radius 2 is 2.18 bits per heavy atom. The molecule has 17 heavy (non-hydrogen) atoms. The maximum absolute atomic E-state index is 10.9. The molecule has 1 aromatic rings. The van der Waals surface area contributed by atoms with Crippen LogP contribution in [0.2, 0.25) is 0 Å². The van der Waals surface area contributed by atoms with Crippen molar-refractivity contribution in [3.8, 4) is 5.75 Å². The molecule has 0 aromatic heterocycles. The van der Waals surface area contributed by atoms with Crippen molar-refractivity contribution in [1.29, 1.82) is 0 Å². The molecule has 0 radical (unpaired) electrons. The molecule has 0 spiro atoms. The first-order valence-corrected chi connectivity index (χ1v) is 5.53. The largest absolute Gasteiger partial charge is 0.497 e. The summed E-state index contributed by atoms with van der Waals surface area (Å²) in [7, 11) is 5.49. The van der Waals surface area contributed by atoms with Crippen molar-refractivity contribution in [3.05, 3.63) is 29.8 Å². The molecule has 0 amide bonds. The van der Waals surface area contributed by atoms with E-state index in [0.717, 1.165) is 11.3 Å². The van der Waals surface area contributed by atoms with E-state index in [4.69, 9.17) is 9.84 Å².